The van der Waals surface area contributed by atoms with Crippen molar-refractivity contribution < 1.29 is 9.53 Å². The number of carbonyl (C=O) groups is 1. The van der Waals surface area contributed by atoms with Gasteiger partial charge in [-0.05, 0) is 41.3 Å². The van der Waals surface area contributed by atoms with Gasteiger partial charge in [-0.1, -0.05) is 36.4 Å². The first kappa shape index (κ1) is 20.4. The zero-order valence-corrected chi connectivity index (χ0v) is 18.0. The topological polar surface area (TPSA) is 44.8 Å². The highest BCUT2D eigenvalue weighted by atomic mass is 32.1. The van der Waals surface area contributed by atoms with Crippen LogP contribution in [0.1, 0.15) is 16.5 Å². The fourth-order valence-corrected chi connectivity index (χ4v) is 4.59. The van der Waals surface area contributed by atoms with E-state index >= 15 is 0 Å². The van der Waals surface area contributed by atoms with Crippen molar-refractivity contribution in [2.75, 3.05) is 44.7 Å². The molecule has 0 spiro atoms. The van der Waals surface area contributed by atoms with Gasteiger partial charge >= 0.3 is 0 Å². The lowest BCUT2D eigenvalue weighted by molar-refractivity contribution is -0.122. The van der Waals surface area contributed by atoms with Gasteiger partial charge in [0, 0.05) is 36.7 Å². The van der Waals surface area contributed by atoms with Crippen LogP contribution in [0.3, 0.4) is 0 Å². The molecule has 4 rings (SSSR count). The fraction of sp³-hybridized carbons (Fsp3) is 0.292. The molecule has 1 N–H and O–H groups in total. The quantitative estimate of drug-likeness (QED) is 0.631. The summed E-state index contributed by atoms with van der Waals surface area (Å²) in [6.07, 6.45) is 0. The number of methoxy groups -OCH3 is 1. The van der Waals surface area contributed by atoms with Gasteiger partial charge in [0.2, 0.25) is 5.91 Å². The van der Waals surface area contributed by atoms with Crippen LogP contribution in [-0.2, 0) is 4.79 Å². The van der Waals surface area contributed by atoms with E-state index in [9.17, 15) is 4.79 Å². The van der Waals surface area contributed by atoms with Gasteiger partial charge in [0.15, 0.2) is 0 Å². The number of carbonyl (C=O) groups excluding carboxylic acids is 1. The molecule has 1 fully saturated rings. The molecule has 6 heteroatoms. The first-order valence-corrected chi connectivity index (χ1v) is 11.1. The third-order valence-corrected chi connectivity index (χ3v) is 6.38. The molecule has 0 aliphatic carbocycles. The first-order valence-electron chi connectivity index (χ1n) is 10.2. The van der Waals surface area contributed by atoms with Gasteiger partial charge in [0.05, 0.1) is 19.7 Å². The lowest BCUT2D eigenvalue weighted by Crippen LogP contribution is -2.49. The molecule has 156 valence electrons. The van der Waals surface area contributed by atoms with Crippen LogP contribution in [0.25, 0.3) is 0 Å². The lowest BCUT2D eigenvalue weighted by atomic mass is 10.1. The Kier molecular flexibility index (Phi) is 6.67. The van der Waals surface area contributed by atoms with Gasteiger partial charge in [-0.3, -0.25) is 9.69 Å². The van der Waals surface area contributed by atoms with Crippen LogP contribution in [0.15, 0.2) is 72.1 Å². The number of amides is 1. The van der Waals surface area contributed by atoms with E-state index in [0.29, 0.717) is 6.54 Å². The summed E-state index contributed by atoms with van der Waals surface area (Å²) < 4.78 is 5.24. The normalized spacial score (nSPS) is 15.6. The molecule has 1 amide bonds. The average molecular weight is 422 g/mol. The van der Waals surface area contributed by atoms with Crippen molar-refractivity contribution in [1.82, 2.24) is 10.2 Å². The SMILES string of the molecule is COc1ccc(N2CCN(CC(=O)N[C@H](c3ccccc3)c3cccs3)CC2)cc1. The van der Waals surface area contributed by atoms with Crippen molar-refractivity contribution in [3.8, 4) is 5.75 Å². The van der Waals surface area contributed by atoms with Gasteiger partial charge in [-0.2, -0.15) is 0 Å². The number of rotatable bonds is 7. The predicted molar refractivity (Wildman–Crippen MR) is 122 cm³/mol. The van der Waals surface area contributed by atoms with Gasteiger partial charge in [0.25, 0.3) is 0 Å². The number of hydrogen-bond acceptors (Lipinski definition) is 5. The minimum Gasteiger partial charge on any atom is -0.497 e. The monoisotopic (exact) mass is 421 g/mol. The first-order chi connectivity index (χ1) is 14.7. The van der Waals surface area contributed by atoms with Crippen molar-refractivity contribution in [3.05, 3.63) is 82.6 Å². The summed E-state index contributed by atoms with van der Waals surface area (Å²) >= 11 is 1.67. The van der Waals surface area contributed by atoms with Crippen LogP contribution < -0.4 is 15.0 Å². The van der Waals surface area contributed by atoms with E-state index in [1.807, 2.05) is 36.4 Å². The summed E-state index contributed by atoms with van der Waals surface area (Å²) in [4.78, 5) is 18.6. The van der Waals surface area contributed by atoms with Crippen molar-refractivity contribution in [2.24, 2.45) is 0 Å². The van der Waals surface area contributed by atoms with Crippen LogP contribution in [0.5, 0.6) is 5.75 Å². The Morgan fingerprint density at radius 3 is 2.37 bits per heavy atom. The Hall–Kier alpha value is -2.83. The van der Waals surface area contributed by atoms with Gasteiger partial charge in [-0.15, -0.1) is 11.3 Å². The number of ether oxygens (including phenoxy) is 1. The van der Waals surface area contributed by atoms with E-state index in [1.165, 1.54) is 5.69 Å². The predicted octanol–water partition coefficient (Wildman–Crippen LogP) is 3.78. The zero-order valence-electron chi connectivity index (χ0n) is 17.2. The Labute approximate surface area is 181 Å². The number of thiophene rings is 1. The summed E-state index contributed by atoms with van der Waals surface area (Å²) in [5.74, 6) is 0.933. The summed E-state index contributed by atoms with van der Waals surface area (Å²) in [6, 6.07) is 22.3. The highest BCUT2D eigenvalue weighted by Crippen LogP contribution is 2.26. The molecule has 1 aliphatic heterocycles. The minimum atomic E-state index is -0.0979. The van der Waals surface area contributed by atoms with Crippen LogP contribution >= 0.6 is 11.3 Å². The summed E-state index contributed by atoms with van der Waals surface area (Å²) in [5.41, 5.74) is 2.30. The average Bonchev–Trinajstić information content (AvgIpc) is 3.33. The summed E-state index contributed by atoms with van der Waals surface area (Å²) in [6.45, 7) is 3.98. The van der Waals surface area contributed by atoms with E-state index in [0.717, 1.165) is 42.4 Å². The number of benzene rings is 2. The lowest BCUT2D eigenvalue weighted by Gasteiger charge is -2.36. The number of nitrogens with one attached hydrogen (secondary N) is 1. The smallest absolute Gasteiger partial charge is 0.234 e. The second-order valence-electron chi connectivity index (χ2n) is 7.39. The second kappa shape index (κ2) is 9.78. The molecule has 2 heterocycles. The number of hydrogen-bond donors (Lipinski definition) is 1. The van der Waals surface area contributed by atoms with Crippen LogP contribution in [-0.4, -0.2) is 50.6 Å². The molecular formula is C24H27N3O2S. The summed E-state index contributed by atoms with van der Waals surface area (Å²) in [7, 11) is 1.68. The van der Waals surface area contributed by atoms with Crippen molar-refractivity contribution >= 4 is 22.9 Å². The van der Waals surface area contributed by atoms with Crippen molar-refractivity contribution in [1.29, 1.82) is 0 Å². The van der Waals surface area contributed by atoms with Crippen molar-refractivity contribution in [2.45, 2.75) is 6.04 Å². The van der Waals surface area contributed by atoms with E-state index in [-0.39, 0.29) is 11.9 Å². The molecule has 0 saturated carbocycles. The van der Waals surface area contributed by atoms with Gasteiger partial charge in [0.1, 0.15) is 5.75 Å². The van der Waals surface area contributed by atoms with E-state index < -0.39 is 0 Å². The molecule has 1 aliphatic rings. The maximum Gasteiger partial charge on any atom is 0.234 e. The molecular weight excluding hydrogens is 394 g/mol. The Morgan fingerprint density at radius 2 is 1.73 bits per heavy atom. The zero-order chi connectivity index (χ0) is 20.8. The molecule has 1 aromatic heterocycles. The molecule has 5 nitrogen and oxygen atoms in total. The standard InChI is InChI=1S/C24H27N3O2S/c1-29-21-11-9-20(10-12-21)27-15-13-26(14-16-27)18-23(28)25-24(22-8-5-17-30-22)19-6-3-2-4-7-19/h2-12,17,24H,13-16,18H2,1H3,(H,25,28)/t24-/m1/s1. The number of anilines is 1. The highest BCUT2D eigenvalue weighted by Gasteiger charge is 2.22. The maximum absolute atomic E-state index is 12.8. The molecule has 0 radical (unpaired) electrons. The van der Waals surface area contributed by atoms with Crippen LogP contribution in [0, 0.1) is 0 Å². The molecule has 1 saturated heterocycles. The third kappa shape index (κ3) is 5.01. The molecule has 0 unspecified atom stereocenters. The highest BCUT2D eigenvalue weighted by molar-refractivity contribution is 7.10. The molecule has 30 heavy (non-hydrogen) atoms. The second-order valence-corrected chi connectivity index (χ2v) is 8.37. The maximum atomic E-state index is 12.8. The Balaban J connectivity index is 1.32. The van der Waals surface area contributed by atoms with Gasteiger partial charge in [-0.25, -0.2) is 0 Å². The molecule has 0 bridgehead atoms. The summed E-state index contributed by atoms with van der Waals surface area (Å²) in [5, 5.41) is 5.29. The third-order valence-electron chi connectivity index (χ3n) is 5.44. The van der Waals surface area contributed by atoms with Crippen LogP contribution in [0.4, 0.5) is 5.69 Å². The molecule has 2 aromatic carbocycles. The Bertz CT molecular complexity index is 921. The van der Waals surface area contributed by atoms with Gasteiger partial charge < -0.3 is 15.0 Å². The molecule has 3 aromatic rings. The molecule has 1 atom stereocenters. The van der Waals surface area contributed by atoms with Crippen LogP contribution in [0.2, 0.25) is 0 Å². The van der Waals surface area contributed by atoms with E-state index in [4.69, 9.17) is 4.74 Å². The Morgan fingerprint density at radius 1 is 1.00 bits per heavy atom. The number of nitrogens with zero attached hydrogens (tertiary/aromatic N) is 2. The van der Waals surface area contributed by atoms with Crippen molar-refractivity contribution in [3.63, 3.8) is 0 Å². The number of piperazine rings is 1. The minimum absolute atomic E-state index is 0.0650. The van der Waals surface area contributed by atoms with E-state index in [2.05, 4.69) is 50.8 Å². The van der Waals surface area contributed by atoms with E-state index in [1.54, 1.807) is 18.4 Å². The fourth-order valence-electron chi connectivity index (χ4n) is 3.79. The largest absolute Gasteiger partial charge is 0.497 e.